The summed E-state index contributed by atoms with van der Waals surface area (Å²) in [7, 11) is 0. The Morgan fingerprint density at radius 1 is 0.696 bits per heavy atom. The van der Waals surface area contributed by atoms with E-state index in [1.165, 1.54) is 0 Å². The van der Waals surface area contributed by atoms with Crippen molar-refractivity contribution in [1.29, 1.82) is 0 Å². The average molecular weight is 499 g/mol. The van der Waals surface area contributed by atoms with Crippen LogP contribution in [0.1, 0.15) is 22.3 Å². The van der Waals surface area contributed by atoms with Crippen molar-refractivity contribution in [1.82, 2.24) is 0 Å². The number of carboxylic acid groups (broad SMARTS) is 2. The van der Waals surface area contributed by atoms with Crippen LogP contribution in [0, 0.1) is 13.8 Å². The van der Waals surface area contributed by atoms with Gasteiger partial charge in [0.05, 0.1) is 0 Å². The molecule has 2 aromatic carbocycles. The molecule has 0 N–H and O–H groups in total. The van der Waals surface area contributed by atoms with Gasteiger partial charge in [-0.3, -0.25) is 0 Å². The number of benzene rings is 2. The van der Waals surface area contributed by atoms with Gasteiger partial charge >= 0.3 is 27.7 Å². The number of hydrogen-bond donors (Lipinski definition) is 0. The summed E-state index contributed by atoms with van der Waals surface area (Å²) in [6.07, 6.45) is 0.000556. The second-order valence-corrected chi connectivity index (χ2v) is 5.07. The van der Waals surface area contributed by atoms with E-state index in [2.05, 4.69) is 0 Å². The quantitative estimate of drug-likeness (QED) is 0.577. The van der Waals surface area contributed by atoms with Crippen LogP contribution in [0.4, 0.5) is 0 Å². The predicted octanol–water partition coefficient (Wildman–Crippen LogP) is 0.572. The third kappa shape index (κ3) is 9.84. The largest absolute Gasteiger partial charge is 2.00 e. The molecule has 5 heteroatoms. The molecule has 0 unspecified atom stereocenters. The predicted molar refractivity (Wildman–Crippen MR) is 79.8 cm³/mol. The molecule has 0 aliphatic heterocycles. The van der Waals surface area contributed by atoms with Crippen LogP contribution >= 0.6 is 0 Å². The summed E-state index contributed by atoms with van der Waals surface area (Å²) in [5.74, 6) is -2.07. The van der Waals surface area contributed by atoms with Crippen molar-refractivity contribution < 1.29 is 47.5 Å². The molecule has 0 radical (unpaired) electrons. The maximum absolute atomic E-state index is 10.1. The summed E-state index contributed by atoms with van der Waals surface area (Å²) in [5, 5.41) is 20.3. The molecule has 4 nitrogen and oxygen atoms in total. The number of carboxylic acids is 2. The summed E-state index contributed by atoms with van der Waals surface area (Å²) in [4.78, 5) is 20.3. The molecule has 0 aliphatic rings. The SMILES string of the molecule is Cc1ccc(CC(=O)[O-])cc1.Cc1ccc(CC(=O)[O-])cc1.[Hg+2]. The van der Waals surface area contributed by atoms with Crippen LogP contribution in [0.3, 0.4) is 0 Å². The van der Waals surface area contributed by atoms with Gasteiger partial charge in [0.2, 0.25) is 0 Å². The van der Waals surface area contributed by atoms with Crippen molar-refractivity contribution in [2.75, 3.05) is 0 Å². The number of hydrogen-bond acceptors (Lipinski definition) is 4. The Bertz CT molecular complexity index is 561. The molecule has 0 aromatic heterocycles. The summed E-state index contributed by atoms with van der Waals surface area (Å²) in [6, 6.07) is 14.7. The van der Waals surface area contributed by atoms with E-state index >= 15 is 0 Å². The second-order valence-electron chi connectivity index (χ2n) is 5.07. The zero-order valence-electron chi connectivity index (χ0n) is 13.4. The van der Waals surface area contributed by atoms with Crippen molar-refractivity contribution in [3.8, 4) is 0 Å². The Labute approximate surface area is 156 Å². The molecule has 0 bridgehead atoms. The number of aliphatic carboxylic acids is 2. The Morgan fingerprint density at radius 3 is 1.17 bits per heavy atom. The number of rotatable bonds is 4. The van der Waals surface area contributed by atoms with E-state index < -0.39 is 11.9 Å². The molecule has 2 rings (SSSR count). The molecule has 0 atom stereocenters. The van der Waals surface area contributed by atoms with Crippen molar-refractivity contribution in [2.24, 2.45) is 0 Å². The fraction of sp³-hybridized carbons (Fsp3) is 0.222. The van der Waals surface area contributed by atoms with Crippen molar-refractivity contribution >= 4 is 11.9 Å². The van der Waals surface area contributed by atoms with E-state index in [1.54, 1.807) is 24.3 Å². The van der Waals surface area contributed by atoms with Crippen LogP contribution in [0.25, 0.3) is 0 Å². The first kappa shape index (κ1) is 21.3. The van der Waals surface area contributed by atoms with Crippen molar-refractivity contribution in [3.63, 3.8) is 0 Å². The number of carbonyl (C=O) groups excluding carboxylic acids is 2. The zero-order valence-corrected chi connectivity index (χ0v) is 18.9. The van der Waals surface area contributed by atoms with Gasteiger partial charge in [-0.05, 0) is 25.0 Å². The maximum Gasteiger partial charge on any atom is 2.00 e. The fourth-order valence-electron chi connectivity index (χ4n) is 1.75. The fourth-order valence-corrected chi connectivity index (χ4v) is 1.75. The van der Waals surface area contributed by atoms with Crippen LogP contribution in [0.15, 0.2) is 48.5 Å². The van der Waals surface area contributed by atoms with Crippen LogP contribution in [-0.2, 0) is 50.1 Å². The minimum absolute atomic E-state index is 0. The number of carbonyl (C=O) groups is 2. The van der Waals surface area contributed by atoms with Crippen molar-refractivity contribution in [2.45, 2.75) is 26.7 Å². The normalized spacial score (nSPS) is 9.13. The van der Waals surface area contributed by atoms with Gasteiger partial charge in [-0.15, -0.1) is 0 Å². The monoisotopic (exact) mass is 500 g/mol. The molecule has 0 heterocycles. The first-order chi connectivity index (χ1) is 10.4. The second kappa shape index (κ2) is 10.9. The van der Waals surface area contributed by atoms with Gasteiger partial charge < -0.3 is 19.8 Å². The van der Waals surface area contributed by atoms with Gasteiger partial charge in [-0.1, -0.05) is 59.7 Å². The maximum atomic E-state index is 10.1. The molecule has 116 valence electrons. The summed E-state index contributed by atoms with van der Waals surface area (Å²) in [5.41, 5.74) is 3.84. The van der Waals surface area contributed by atoms with E-state index in [-0.39, 0.29) is 40.5 Å². The van der Waals surface area contributed by atoms with E-state index in [1.807, 2.05) is 38.1 Å². The Balaban J connectivity index is 0.000000403. The minimum atomic E-state index is -1.03. The first-order valence-corrected chi connectivity index (χ1v) is 6.87. The molecular formula is C18H18HgO4. The third-order valence-corrected chi connectivity index (χ3v) is 2.94. The third-order valence-electron chi connectivity index (χ3n) is 2.94. The number of aryl methyl sites for hydroxylation is 2. The van der Waals surface area contributed by atoms with E-state index in [0.29, 0.717) is 0 Å². The van der Waals surface area contributed by atoms with Gasteiger partial charge in [-0.2, -0.15) is 0 Å². The summed E-state index contributed by atoms with van der Waals surface area (Å²) >= 11 is 0. The minimum Gasteiger partial charge on any atom is -0.550 e. The Kier molecular flexibility index (Phi) is 10.1. The topological polar surface area (TPSA) is 80.3 Å². The van der Waals surface area contributed by atoms with E-state index in [4.69, 9.17) is 0 Å². The van der Waals surface area contributed by atoms with Crippen molar-refractivity contribution in [3.05, 3.63) is 70.8 Å². The van der Waals surface area contributed by atoms with E-state index in [0.717, 1.165) is 22.3 Å². The Morgan fingerprint density at radius 2 is 0.957 bits per heavy atom. The molecular weight excluding hydrogens is 481 g/mol. The molecule has 0 spiro atoms. The van der Waals surface area contributed by atoms with Gasteiger partial charge in [0, 0.05) is 24.8 Å². The van der Waals surface area contributed by atoms with E-state index in [9.17, 15) is 19.8 Å². The summed E-state index contributed by atoms with van der Waals surface area (Å²) < 4.78 is 0. The summed E-state index contributed by atoms with van der Waals surface area (Å²) in [6.45, 7) is 3.92. The molecule has 0 aliphatic carbocycles. The molecule has 0 saturated carbocycles. The smallest absolute Gasteiger partial charge is 0.550 e. The molecule has 0 amide bonds. The van der Waals surface area contributed by atoms with Gasteiger partial charge in [0.15, 0.2) is 0 Å². The Hall–Kier alpha value is -1.68. The van der Waals surface area contributed by atoms with Gasteiger partial charge in [0.1, 0.15) is 0 Å². The van der Waals surface area contributed by atoms with Crippen LogP contribution in [0.5, 0.6) is 0 Å². The average Bonchev–Trinajstić information content (AvgIpc) is 2.44. The van der Waals surface area contributed by atoms with Crippen LogP contribution in [0.2, 0.25) is 0 Å². The molecule has 23 heavy (non-hydrogen) atoms. The first-order valence-electron chi connectivity index (χ1n) is 6.87. The van der Waals surface area contributed by atoms with Crippen LogP contribution < -0.4 is 10.2 Å². The zero-order chi connectivity index (χ0) is 16.5. The van der Waals surface area contributed by atoms with Gasteiger partial charge in [0.25, 0.3) is 0 Å². The van der Waals surface area contributed by atoms with Crippen LogP contribution in [-0.4, -0.2) is 11.9 Å². The molecule has 0 fully saturated rings. The molecule has 2 aromatic rings. The van der Waals surface area contributed by atoms with Gasteiger partial charge in [-0.25, -0.2) is 0 Å². The standard InChI is InChI=1S/2C9H10O2.Hg/c2*1-7-2-4-8(5-3-7)6-9(10)11;/h2*2-5H,6H2,1H3,(H,10,11);/q;;+2/p-2. The molecule has 0 saturated heterocycles.